The average molecular weight is 345 g/mol. The fourth-order valence-corrected chi connectivity index (χ4v) is 2.04. The van der Waals surface area contributed by atoms with Crippen molar-refractivity contribution in [2.45, 2.75) is 55.4 Å². The van der Waals surface area contributed by atoms with Gasteiger partial charge in [-0.2, -0.15) is 0 Å². The van der Waals surface area contributed by atoms with E-state index in [1.807, 2.05) is 85.8 Å². The Morgan fingerprint density at radius 3 is 1.23 bits per heavy atom. The van der Waals surface area contributed by atoms with Gasteiger partial charge in [0.25, 0.3) is 0 Å². The molecular formula is C20H40S2. The SMILES string of the molecule is C/C=C\C.C/C=C\C(S)=C/C.CC.CC.CS1(C)C=CC=C1. The third-order valence-electron chi connectivity index (χ3n) is 1.94. The molecule has 0 fully saturated rings. The second kappa shape index (κ2) is 25.4. The van der Waals surface area contributed by atoms with Crippen molar-refractivity contribution in [3.8, 4) is 0 Å². The number of hydrogen-bond donors (Lipinski definition) is 1. The second-order valence-electron chi connectivity index (χ2n) is 4.02. The third kappa shape index (κ3) is 31.7. The second-order valence-corrected chi connectivity index (χ2v) is 8.06. The Balaban J connectivity index is -0.000000102. The maximum atomic E-state index is 4.08. The molecule has 132 valence electrons. The van der Waals surface area contributed by atoms with E-state index in [0.29, 0.717) is 0 Å². The van der Waals surface area contributed by atoms with Crippen LogP contribution in [-0.4, -0.2) is 12.5 Å². The van der Waals surface area contributed by atoms with Gasteiger partial charge in [0.1, 0.15) is 0 Å². The van der Waals surface area contributed by atoms with Gasteiger partial charge in [-0.05, 0) is 55.9 Å². The minimum absolute atomic E-state index is 0.407. The molecule has 0 bridgehead atoms. The summed E-state index contributed by atoms with van der Waals surface area (Å²) in [4.78, 5) is 1.02. The zero-order chi connectivity index (χ0) is 18.4. The van der Waals surface area contributed by atoms with Crippen molar-refractivity contribution in [3.05, 3.63) is 58.3 Å². The molecule has 0 spiro atoms. The molecule has 0 saturated heterocycles. The lowest BCUT2D eigenvalue weighted by Gasteiger charge is -2.16. The predicted octanol–water partition coefficient (Wildman–Crippen LogP) is 8.12. The molecule has 0 unspecified atom stereocenters. The van der Waals surface area contributed by atoms with Gasteiger partial charge < -0.3 is 0 Å². The summed E-state index contributed by atoms with van der Waals surface area (Å²) in [6.45, 7) is 15.9. The van der Waals surface area contributed by atoms with E-state index in [-0.39, 0.29) is 0 Å². The fraction of sp³-hybridized carbons (Fsp3) is 0.500. The van der Waals surface area contributed by atoms with Crippen LogP contribution >= 0.6 is 22.7 Å². The number of allylic oxidation sites excluding steroid dienone is 7. The molecule has 2 heteroatoms. The van der Waals surface area contributed by atoms with Gasteiger partial charge in [0, 0.05) is 0 Å². The molecule has 1 aliphatic rings. The Bertz CT molecular complexity index is 312. The summed E-state index contributed by atoms with van der Waals surface area (Å²) in [5.41, 5.74) is 0. The van der Waals surface area contributed by atoms with Crippen LogP contribution in [0.4, 0.5) is 0 Å². The molecular weight excluding hydrogens is 304 g/mol. The standard InChI is InChI=1S/2C6H10S.C4H8.2C2H6/c1-7(2)5-3-4-6-7;1-3-5-6(7)4-2;1-3-4-2;2*1-2/h3-6H,1-2H3;3-5,7H,1-2H3;3-4H,1-2H3;2*1-2H3/b;5-3-,6-4+;4-3-;;. The van der Waals surface area contributed by atoms with E-state index in [2.05, 4.69) is 48.1 Å². The first-order valence-corrected chi connectivity index (χ1v) is 11.1. The molecule has 0 saturated carbocycles. The summed E-state index contributed by atoms with van der Waals surface area (Å²) in [6, 6.07) is 0. The van der Waals surface area contributed by atoms with E-state index in [1.54, 1.807) is 0 Å². The highest BCUT2D eigenvalue weighted by atomic mass is 32.3. The summed E-state index contributed by atoms with van der Waals surface area (Å²) < 4.78 is 0. The van der Waals surface area contributed by atoms with Crippen LogP contribution in [0, 0.1) is 0 Å². The largest absolute Gasteiger partial charge is 0.207 e. The Morgan fingerprint density at radius 2 is 1.14 bits per heavy atom. The summed E-state index contributed by atoms with van der Waals surface area (Å²) in [7, 11) is -0.407. The molecule has 0 aliphatic carbocycles. The van der Waals surface area contributed by atoms with Gasteiger partial charge in [-0.1, -0.05) is 70.2 Å². The summed E-state index contributed by atoms with van der Waals surface area (Å²) in [5.74, 6) is 0. The minimum atomic E-state index is -0.407. The summed E-state index contributed by atoms with van der Waals surface area (Å²) in [5, 5.41) is 4.54. The highest BCUT2D eigenvalue weighted by Crippen LogP contribution is 2.45. The smallest absolute Gasteiger partial charge is 0.000606 e. The maximum absolute atomic E-state index is 4.08. The van der Waals surface area contributed by atoms with E-state index in [0.717, 1.165) is 4.91 Å². The van der Waals surface area contributed by atoms with Crippen LogP contribution in [0.1, 0.15) is 55.4 Å². The molecule has 0 N–H and O–H groups in total. The monoisotopic (exact) mass is 344 g/mol. The zero-order valence-electron chi connectivity index (χ0n) is 16.6. The van der Waals surface area contributed by atoms with E-state index in [1.165, 1.54) is 0 Å². The first-order valence-electron chi connectivity index (χ1n) is 8.06. The molecule has 1 aliphatic heterocycles. The lowest BCUT2D eigenvalue weighted by molar-refractivity contribution is 1.50. The fourth-order valence-electron chi connectivity index (χ4n) is 0.808. The Kier molecular flexibility index (Phi) is 33.9. The molecule has 1 heterocycles. The summed E-state index contributed by atoms with van der Waals surface area (Å²) in [6.07, 6.45) is 18.6. The van der Waals surface area contributed by atoms with E-state index < -0.39 is 10.0 Å². The quantitative estimate of drug-likeness (QED) is 0.277. The van der Waals surface area contributed by atoms with E-state index >= 15 is 0 Å². The molecule has 0 amide bonds. The topological polar surface area (TPSA) is 0 Å². The first kappa shape index (κ1) is 29.4. The van der Waals surface area contributed by atoms with Crippen LogP contribution < -0.4 is 0 Å². The third-order valence-corrected chi connectivity index (χ3v) is 4.06. The van der Waals surface area contributed by atoms with Crippen molar-refractivity contribution in [3.63, 3.8) is 0 Å². The zero-order valence-corrected chi connectivity index (χ0v) is 18.3. The molecule has 0 radical (unpaired) electrons. The van der Waals surface area contributed by atoms with Crippen LogP contribution in [0.2, 0.25) is 0 Å². The lowest BCUT2D eigenvalue weighted by Crippen LogP contribution is -1.77. The summed E-state index contributed by atoms with van der Waals surface area (Å²) >= 11 is 4.08. The van der Waals surface area contributed by atoms with Crippen LogP contribution in [-0.2, 0) is 0 Å². The number of rotatable bonds is 1. The van der Waals surface area contributed by atoms with Gasteiger partial charge in [-0.3, -0.25) is 0 Å². The van der Waals surface area contributed by atoms with Gasteiger partial charge >= 0.3 is 0 Å². The molecule has 0 aromatic rings. The molecule has 0 nitrogen and oxygen atoms in total. The van der Waals surface area contributed by atoms with Crippen molar-refractivity contribution in [2.75, 3.05) is 12.5 Å². The molecule has 22 heavy (non-hydrogen) atoms. The van der Waals surface area contributed by atoms with Crippen LogP contribution in [0.3, 0.4) is 0 Å². The molecule has 0 aromatic carbocycles. The number of hydrogen-bond acceptors (Lipinski definition) is 1. The highest BCUT2D eigenvalue weighted by Gasteiger charge is 2.02. The minimum Gasteiger partial charge on any atom is -0.207 e. The van der Waals surface area contributed by atoms with Crippen LogP contribution in [0.15, 0.2) is 58.3 Å². The highest BCUT2D eigenvalue weighted by molar-refractivity contribution is 8.37. The van der Waals surface area contributed by atoms with Crippen LogP contribution in [0.5, 0.6) is 0 Å². The predicted molar refractivity (Wildman–Crippen MR) is 118 cm³/mol. The van der Waals surface area contributed by atoms with Gasteiger partial charge in [0.15, 0.2) is 0 Å². The van der Waals surface area contributed by atoms with Gasteiger partial charge in [-0.25, -0.2) is 10.0 Å². The maximum Gasteiger partial charge on any atom is -0.000606 e. The van der Waals surface area contributed by atoms with Crippen molar-refractivity contribution in [1.29, 1.82) is 0 Å². The average Bonchev–Trinajstić information content (AvgIpc) is 2.96. The Labute approximate surface area is 148 Å². The molecule has 1 rings (SSSR count). The van der Waals surface area contributed by atoms with Crippen molar-refractivity contribution in [2.24, 2.45) is 0 Å². The van der Waals surface area contributed by atoms with Gasteiger partial charge in [0.05, 0.1) is 0 Å². The first-order chi connectivity index (χ1) is 10.4. The van der Waals surface area contributed by atoms with Crippen molar-refractivity contribution < 1.29 is 0 Å². The van der Waals surface area contributed by atoms with E-state index in [9.17, 15) is 0 Å². The normalized spacial score (nSPS) is 15.5. The van der Waals surface area contributed by atoms with Gasteiger partial charge in [-0.15, -0.1) is 12.6 Å². The Hall–Kier alpha value is -0.600. The van der Waals surface area contributed by atoms with Crippen molar-refractivity contribution in [1.82, 2.24) is 0 Å². The van der Waals surface area contributed by atoms with Crippen molar-refractivity contribution >= 4 is 22.7 Å². The lowest BCUT2D eigenvalue weighted by atomic mass is 10.4. The number of thiol groups is 1. The molecule has 0 aromatic heterocycles. The Morgan fingerprint density at radius 1 is 0.773 bits per heavy atom. The molecule has 0 atom stereocenters. The van der Waals surface area contributed by atoms with E-state index in [4.69, 9.17) is 0 Å². The van der Waals surface area contributed by atoms with Gasteiger partial charge in [0.2, 0.25) is 0 Å². The van der Waals surface area contributed by atoms with Crippen LogP contribution in [0.25, 0.3) is 0 Å².